The van der Waals surface area contributed by atoms with Gasteiger partial charge >= 0.3 is 0 Å². The van der Waals surface area contributed by atoms with E-state index in [1.807, 2.05) is 23.6 Å². The average Bonchev–Trinajstić information content (AvgIpc) is 2.81. The van der Waals surface area contributed by atoms with Crippen molar-refractivity contribution in [1.29, 1.82) is 5.26 Å². The molecule has 0 aliphatic carbocycles. The molecule has 0 radical (unpaired) electrons. The van der Waals surface area contributed by atoms with Crippen LogP contribution in [-0.2, 0) is 4.79 Å². The maximum absolute atomic E-state index is 11.6. The fourth-order valence-electron chi connectivity index (χ4n) is 1.30. The van der Waals surface area contributed by atoms with Crippen LogP contribution in [-0.4, -0.2) is 23.0 Å². The van der Waals surface area contributed by atoms with Crippen molar-refractivity contribution in [3.05, 3.63) is 22.4 Å². The largest absolute Gasteiger partial charge is 0.271 e. The van der Waals surface area contributed by atoms with E-state index >= 15 is 0 Å². The Morgan fingerprint density at radius 1 is 1.56 bits per heavy atom. The Labute approximate surface area is 101 Å². The number of amides is 1. The first-order valence-electron chi connectivity index (χ1n) is 4.45. The molecular formula is C10H7N3OS2. The molecule has 0 aromatic carbocycles. The van der Waals surface area contributed by atoms with Gasteiger partial charge in [0.1, 0.15) is 0 Å². The van der Waals surface area contributed by atoms with Gasteiger partial charge < -0.3 is 0 Å². The van der Waals surface area contributed by atoms with E-state index in [9.17, 15) is 4.79 Å². The SMILES string of the molecule is CSC1=NC(=O)C(C#N)C(c2cccs2)=N1. The zero-order chi connectivity index (χ0) is 11.5. The van der Waals surface area contributed by atoms with Crippen LogP contribution in [0.4, 0.5) is 0 Å². The predicted molar refractivity (Wildman–Crippen MR) is 65.9 cm³/mol. The van der Waals surface area contributed by atoms with Crippen LogP contribution in [0.3, 0.4) is 0 Å². The van der Waals surface area contributed by atoms with E-state index < -0.39 is 11.8 Å². The van der Waals surface area contributed by atoms with Gasteiger partial charge in [-0.05, 0) is 17.7 Å². The van der Waals surface area contributed by atoms with Gasteiger partial charge in [0.05, 0.1) is 16.7 Å². The Morgan fingerprint density at radius 2 is 2.38 bits per heavy atom. The molecule has 6 heteroatoms. The molecule has 2 heterocycles. The molecule has 1 aromatic heterocycles. The molecule has 0 spiro atoms. The number of thiophene rings is 1. The summed E-state index contributed by atoms with van der Waals surface area (Å²) < 4.78 is 0. The third-order valence-corrected chi connectivity index (χ3v) is 3.47. The summed E-state index contributed by atoms with van der Waals surface area (Å²) in [5.74, 6) is -1.29. The van der Waals surface area contributed by atoms with E-state index in [-0.39, 0.29) is 0 Å². The van der Waals surface area contributed by atoms with Crippen LogP contribution >= 0.6 is 23.1 Å². The molecule has 4 nitrogen and oxygen atoms in total. The summed E-state index contributed by atoms with van der Waals surface area (Å²) in [5, 5.41) is 11.3. The fourth-order valence-corrected chi connectivity index (χ4v) is 2.41. The van der Waals surface area contributed by atoms with Crippen molar-refractivity contribution in [2.75, 3.05) is 6.26 Å². The summed E-state index contributed by atoms with van der Waals surface area (Å²) in [6, 6.07) is 5.67. The van der Waals surface area contributed by atoms with Crippen LogP contribution < -0.4 is 0 Å². The summed E-state index contributed by atoms with van der Waals surface area (Å²) >= 11 is 2.76. The summed E-state index contributed by atoms with van der Waals surface area (Å²) in [6.45, 7) is 0. The second-order valence-corrected chi connectivity index (χ2v) is 4.69. The first kappa shape index (κ1) is 11.0. The second kappa shape index (κ2) is 4.60. The lowest BCUT2D eigenvalue weighted by molar-refractivity contribution is -0.118. The standard InChI is InChI=1S/C10H7N3OS2/c1-15-10-12-8(7-3-2-4-16-7)6(5-11)9(14)13-10/h2-4,6H,1H3. The normalized spacial score (nSPS) is 20.0. The van der Waals surface area contributed by atoms with Crippen molar-refractivity contribution >= 4 is 39.9 Å². The van der Waals surface area contributed by atoms with Crippen LogP contribution in [0, 0.1) is 17.2 Å². The molecule has 0 N–H and O–H groups in total. The topological polar surface area (TPSA) is 65.6 Å². The molecule has 1 aliphatic heterocycles. The zero-order valence-corrected chi connectivity index (χ0v) is 10.0. The third-order valence-electron chi connectivity index (χ3n) is 2.03. The van der Waals surface area contributed by atoms with Crippen LogP contribution in [0.2, 0.25) is 0 Å². The highest BCUT2D eigenvalue weighted by Crippen LogP contribution is 2.21. The van der Waals surface area contributed by atoms with E-state index in [1.54, 1.807) is 6.26 Å². The molecule has 1 aliphatic rings. The minimum atomic E-state index is -0.866. The highest BCUT2D eigenvalue weighted by Gasteiger charge is 2.30. The van der Waals surface area contributed by atoms with Gasteiger partial charge in [0.25, 0.3) is 5.91 Å². The molecule has 2 rings (SSSR count). The third kappa shape index (κ3) is 1.92. The van der Waals surface area contributed by atoms with E-state index in [4.69, 9.17) is 5.26 Å². The maximum atomic E-state index is 11.6. The Kier molecular flexibility index (Phi) is 3.17. The van der Waals surface area contributed by atoms with Crippen molar-refractivity contribution in [2.45, 2.75) is 0 Å². The van der Waals surface area contributed by atoms with Crippen molar-refractivity contribution in [3.63, 3.8) is 0 Å². The summed E-state index contributed by atoms with van der Waals surface area (Å²) in [7, 11) is 0. The quantitative estimate of drug-likeness (QED) is 0.764. The Balaban J connectivity index is 2.48. The lowest BCUT2D eigenvalue weighted by Crippen LogP contribution is -2.26. The molecule has 1 unspecified atom stereocenters. The fraction of sp³-hybridized carbons (Fsp3) is 0.200. The lowest BCUT2D eigenvalue weighted by Gasteiger charge is -2.12. The van der Waals surface area contributed by atoms with Crippen molar-refractivity contribution in [1.82, 2.24) is 0 Å². The van der Waals surface area contributed by atoms with Gasteiger partial charge in [-0.3, -0.25) is 4.79 Å². The van der Waals surface area contributed by atoms with Crippen LogP contribution in [0.1, 0.15) is 4.88 Å². The minimum Gasteiger partial charge on any atom is -0.271 e. The molecule has 0 bridgehead atoms. The van der Waals surface area contributed by atoms with Crippen molar-refractivity contribution < 1.29 is 4.79 Å². The molecule has 1 aromatic rings. The lowest BCUT2D eigenvalue weighted by atomic mass is 10.0. The molecule has 1 amide bonds. The average molecular weight is 249 g/mol. The second-order valence-electron chi connectivity index (χ2n) is 2.97. The maximum Gasteiger partial charge on any atom is 0.271 e. The summed E-state index contributed by atoms with van der Waals surface area (Å²) in [4.78, 5) is 20.4. The number of nitriles is 1. The van der Waals surface area contributed by atoms with Gasteiger partial charge in [0.15, 0.2) is 11.1 Å². The number of aliphatic imine (C=N–C) groups is 2. The number of carbonyl (C=O) groups is 1. The number of nitrogens with zero attached hydrogens (tertiary/aromatic N) is 3. The van der Waals surface area contributed by atoms with Gasteiger partial charge in [-0.2, -0.15) is 10.3 Å². The summed E-state index contributed by atoms with van der Waals surface area (Å²) in [6.07, 6.45) is 1.80. The summed E-state index contributed by atoms with van der Waals surface area (Å²) in [5.41, 5.74) is 0.516. The molecule has 80 valence electrons. The van der Waals surface area contributed by atoms with Crippen molar-refractivity contribution in [3.8, 4) is 6.07 Å². The van der Waals surface area contributed by atoms with E-state index in [0.29, 0.717) is 10.9 Å². The van der Waals surface area contributed by atoms with Gasteiger partial charge in [0.2, 0.25) is 0 Å². The number of rotatable bonds is 1. The number of hydrogen-bond donors (Lipinski definition) is 0. The highest BCUT2D eigenvalue weighted by atomic mass is 32.2. The van der Waals surface area contributed by atoms with E-state index in [0.717, 1.165) is 4.88 Å². The van der Waals surface area contributed by atoms with Crippen LogP contribution in [0.5, 0.6) is 0 Å². The monoisotopic (exact) mass is 249 g/mol. The number of carbonyl (C=O) groups excluding carboxylic acids is 1. The molecule has 0 saturated carbocycles. The molecule has 0 saturated heterocycles. The van der Waals surface area contributed by atoms with E-state index in [2.05, 4.69) is 9.98 Å². The van der Waals surface area contributed by atoms with Gasteiger partial charge in [-0.1, -0.05) is 17.8 Å². The predicted octanol–water partition coefficient (Wildman–Crippen LogP) is 1.94. The van der Waals surface area contributed by atoms with Gasteiger partial charge in [-0.15, -0.1) is 11.3 Å². The first-order chi connectivity index (χ1) is 7.76. The minimum absolute atomic E-state index is 0.417. The number of thioether (sulfide) groups is 1. The van der Waals surface area contributed by atoms with Crippen LogP contribution in [0.25, 0.3) is 0 Å². The number of amidine groups is 1. The Hall–Kier alpha value is -1.45. The molecule has 0 fully saturated rings. The molecule has 1 atom stereocenters. The Bertz CT molecular complexity index is 511. The smallest absolute Gasteiger partial charge is 0.271 e. The van der Waals surface area contributed by atoms with Gasteiger partial charge in [0, 0.05) is 0 Å². The number of hydrogen-bond acceptors (Lipinski definition) is 5. The van der Waals surface area contributed by atoms with Crippen molar-refractivity contribution in [2.24, 2.45) is 15.9 Å². The Morgan fingerprint density at radius 3 is 2.94 bits per heavy atom. The molecular weight excluding hydrogens is 242 g/mol. The zero-order valence-electron chi connectivity index (χ0n) is 8.38. The highest BCUT2D eigenvalue weighted by molar-refractivity contribution is 8.13. The first-order valence-corrected chi connectivity index (χ1v) is 6.55. The molecule has 16 heavy (non-hydrogen) atoms. The van der Waals surface area contributed by atoms with E-state index in [1.165, 1.54) is 23.1 Å². The van der Waals surface area contributed by atoms with Crippen LogP contribution in [0.15, 0.2) is 27.5 Å². The van der Waals surface area contributed by atoms with Gasteiger partial charge in [-0.25, -0.2) is 4.99 Å².